The first-order chi connectivity index (χ1) is 57.0. The first-order valence-corrected chi connectivity index (χ1v) is 41.6. The number of carbonyl (C=O) groups excluding carboxylic acids is 8. The molecule has 0 N–H and O–H groups in total. The number of hydrogen-bond acceptors (Lipinski definition) is 24. The van der Waals surface area contributed by atoms with E-state index in [1.165, 1.54) is 64.9 Å². The van der Waals surface area contributed by atoms with Gasteiger partial charge in [-0.25, -0.2) is 24.0 Å². The Bertz CT molecular complexity index is 4260. The van der Waals surface area contributed by atoms with Crippen molar-refractivity contribution in [2.24, 2.45) is 21.7 Å². The molecule has 0 spiro atoms. The Morgan fingerprint density at radius 2 is 0.807 bits per heavy atom. The monoisotopic (exact) mass is 1650 g/mol. The maximum atomic E-state index is 13.1. The Morgan fingerprint density at radius 1 is 0.395 bits per heavy atom. The van der Waals surface area contributed by atoms with Crippen molar-refractivity contribution in [1.29, 1.82) is 5.26 Å². The first-order valence-electron chi connectivity index (χ1n) is 41.6. The van der Waals surface area contributed by atoms with Crippen LogP contribution >= 0.6 is 0 Å². The number of nitriles is 1. The average molecular weight is 1650 g/mol. The van der Waals surface area contributed by atoms with E-state index in [0.717, 1.165) is 108 Å². The average Bonchev–Trinajstić information content (AvgIpc) is 0.835. The molecule has 650 valence electrons. The summed E-state index contributed by atoms with van der Waals surface area (Å²) in [5.74, 6) is -0.211. The molecule has 0 fully saturated rings. The van der Waals surface area contributed by atoms with Gasteiger partial charge in [0.2, 0.25) is 0 Å². The van der Waals surface area contributed by atoms with Crippen molar-refractivity contribution in [2.45, 2.75) is 224 Å². The van der Waals surface area contributed by atoms with Crippen LogP contribution in [0.1, 0.15) is 256 Å². The number of rotatable bonds is 52. The van der Waals surface area contributed by atoms with Gasteiger partial charge in [-0.3, -0.25) is 19.2 Å². The number of methoxy groups -OCH3 is 3. The lowest BCUT2D eigenvalue weighted by Crippen LogP contribution is -2.38. The molecule has 1 atom stereocenters. The topological polar surface area (TPSA) is 311 Å². The molecule has 6 rings (SSSR count). The van der Waals surface area contributed by atoms with Crippen LogP contribution in [0.3, 0.4) is 0 Å². The molecule has 0 bridgehead atoms. The fourth-order valence-electron chi connectivity index (χ4n) is 11.5. The molecule has 24 nitrogen and oxygen atoms in total. The summed E-state index contributed by atoms with van der Waals surface area (Å²) in [6, 6.07) is 33.3. The molecule has 0 aliphatic carbocycles. The van der Waals surface area contributed by atoms with Gasteiger partial charge in [0.25, 0.3) is 0 Å². The van der Waals surface area contributed by atoms with E-state index < -0.39 is 51.2 Å². The fraction of sp³-hybridized carbons (Fsp3) is 0.516. The summed E-state index contributed by atoms with van der Waals surface area (Å²) in [4.78, 5) is 110. The minimum atomic E-state index is -0.785. The number of esters is 8. The summed E-state index contributed by atoms with van der Waals surface area (Å²) in [7, 11) is 4.45. The van der Waals surface area contributed by atoms with Crippen LogP contribution in [0.2, 0.25) is 0 Å². The van der Waals surface area contributed by atoms with Crippen LogP contribution < -0.4 is 38.8 Å². The van der Waals surface area contributed by atoms with Crippen molar-refractivity contribution >= 4 is 70.9 Å². The zero-order valence-corrected chi connectivity index (χ0v) is 72.5. The molecule has 5 aromatic carbocycles. The second-order valence-electron chi connectivity index (χ2n) is 31.0. The van der Waals surface area contributed by atoms with Crippen molar-refractivity contribution in [3.8, 4) is 46.3 Å². The molecule has 0 saturated heterocycles. The number of carbonyl (C=O) groups is 8. The van der Waals surface area contributed by atoms with Gasteiger partial charge in [-0.2, -0.15) is 5.26 Å². The van der Waals surface area contributed by atoms with E-state index in [9.17, 15) is 43.2 Å². The largest absolute Gasteiger partial charge is 0.494 e. The number of fused-ring (bicyclic) bond motifs is 1. The minimum absolute atomic E-state index is 0.0240. The molecule has 0 aliphatic rings. The van der Waals surface area contributed by atoms with Crippen molar-refractivity contribution in [3.05, 3.63) is 160 Å². The van der Waals surface area contributed by atoms with Crippen molar-refractivity contribution < 1.29 is 104 Å². The number of unbranched alkanes of at least 4 members (excludes halogenated alkanes) is 15. The molecular formula is C95H127NO23. The van der Waals surface area contributed by atoms with Gasteiger partial charge in [0.1, 0.15) is 36.0 Å². The van der Waals surface area contributed by atoms with Crippen LogP contribution in [0, 0.1) is 33.0 Å². The van der Waals surface area contributed by atoms with Crippen molar-refractivity contribution in [1.82, 2.24) is 0 Å². The van der Waals surface area contributed by atoms with Crippen LogP contribution in [0.4, 0.5) is 0 Å². The predicted octanol–water partition coefficient (Wildman–Crippen LogP) is 20.3. The zero-order valence-electron chi connectivity index (χ0n) is 72.5. The molecular weight excluding hydrogens is 1520 g/mol. The second kappa shape index (κ2) is 55.0. The highest BCUT2D eigenvalue weighted by molar-refractivity contribution is 5.93. The van der Waals surface area contributed by atoms with Crippen LogP contribution in [0.15, 0.2) is 137 Å². The second-order valence-corrected chi connectivity index (χ2v) is 31.0. The third-order valence-corrected chi connectivity index (χ3v) is 19.9. The Labute approximate surface area is 703 Å². The molecule has 0 amide bonds. The molecule has 0 saturated carbocycles. The summed E-state index contributed by atoms with van der Waals surface area (Å²) in [6.07, 6.45) is 26.9. The lowest BCUT2D eigenvalue weighted by molar-refractivity contribution is -0.163. The van der Waals surface area contributed by atoms with E-state index in [1.807, 2.05) is 75.3 Å². The third-order valence-electron chi connectivity index (χ3n) is 19.9. The van der Waals surface area contributed by atoms with Crippen LogP contribution in [0.5, 0.6) is 40.2 Å². The van der Waals surface area contributed by atoms with E-state index in [2.05, 4.69) is 6.92 Å². The van der Waals surface area contributed by atoms with Gasteiger partial charge in [-0.05, 0) is 221 Å². The van der Waals surface area contributed by atoms with E-state index >= 15 is 0 Å². The minimum Gasteiger partial charge on any atom is -0.494 e. The smallest absolute Gasteiger partial charge is 0.343 e. The zero-order chi connectivity index (χ0) is 87.5. The van der Waals surface area contributed by atoms with Gasteiger partial charge >= 0.3 is 53.4 Å². The molecule has 119 heavy (non-hydrogen) atoms. The predicted molar refractivity (Wildman–Crippen MR) is 457 cm³/mol. The number of nitrogens with zero attached hydrogens (tertiary/aromatic N) is 1. The van der Waals surface area contributed by atoms with Crippen LogP contribution in [-0.4, -0.2) is 122 Å². The Kier molecular flexibility index (Phi) is 46.5. The Hall–Kier alpha value is -10.8. The molecule has 6 aromatic rings. The van der Waals surface area contributed by atoms with Gasteiger partial charge in [0.15, 0.2) is 23.0 Å². The summed E-state index contributed by atoms with van der Waals surface area (Å²) >= 11 is 0. The lowest BCUT2D eigenvalue weighted by atomic mass is 9.72. The van der Waals surface area contributed by atoms with Gasteiger partial charge in [0, 0.05) is 36.8 Å². The molecule has 1 heterocycles. The maximum Gasteiger partial charge on any atom is 0.343 e. The van der Waals surface area contributed by atoms with E-state index in [0.29, 0.717) is 115 Å². The van der Waals surface area contributed by atoms with E-state index in [-0.39, 0.29) is 55.0 Å². The number of benzene rings is 5. The maximum absolute atomic E-state index is 13.1. The molecule has 0 aliphatic heterocycles. The number of hydrogen-bond donors (Lipinski definition) is 0. The Balaban J connectivity index is 0.000000416. The number of ether oxygens (including phenoxy) is 13. The van der Waals surface area contributed by atoms with E-state index in [4.69, 9.17) is 71.3 Å². The van der Waals surface area contributed by atoms with Crippen LogP contribution in [0.25, 0.3) is 23.1 Å². The summed E-state index contributed by atoms with van der Waals surface area (Å²) in [5.41, 5.74) is -0.470. The highest BCUT2D eigenvalue weighted by atomic mass is 16.6. The third kappa shape index (κ3) is 38.7. The fourth-order valence-corrected chi connectivity index (χ4v) is 11.5. The SMILES string of the molecule is CCC(C)(C)C(=O)OCCCCCCCCCOc1ccc(C(=O)Oc2ccc(/C=C/C(=O)OCCOC)cc2OC)cc1.CCC(C)(C)C(=O)Oc1ccc2ccc(=O)oc2c1.CCCCCCCCOC(=O)C(C)(C)CC(C)(CC)C(=O)OCCCCCCCOc1ccc(C(=O)Oc2ccc(/C=C/C(=O)OCCC#N)cc2OC)cc1. The molecule has 0 radical (unpaired) electrons. The van der Waals surface area contributed by atoms with E-state index in [1.54, 1.807) is 115 Å². The standard InChI is InChI=1S/C45H63NO10.C35H48O9.C15H16O4/c1-7-9-10-11-13-17-30-54-42(49)44(3,4)34-45(5,8-2)43(50)55-31-18-15-12-14-16-29-52-37-24-22-36(23-25-37)41(48)56-38-26-20-35(33-39(38)51-6)21-27-40(47)53-32-19-28-46;1-6-35(2,3)34(38)43-23-13-11-9-7-8-10-12-22-41-29-18-16-28(17-19-29)33(37)44-30-20-14-27(26-31(30)40-5)15-21-32(36)42-25-24-39-4;1-4-15(2,3)14(17)18-11-7-5-10-6-8-13(16)19-12(10)9-11/h20-27,33H,7-19,29-32,34H2,1-6H3;14-21,26H,6-13,22-25H2,1-5H3;5-9H,4H2,1-3H3/b27-21+;21-15+;. The van der Waals surface area contributed by atoms with Gasteiger partial charge in [-0.1, -0.05) is 123 Å². The molecule has 1 unspecified atom stereocenters. The molecule has 1 aromatic heterocycles. The molecule has 24 heteroatoms. The van der Waals surface area contributed by atoms with Crippen molar-refractivity contribution in [3.63, 3.8) is 0 Å². The highest BCUT2D eigenvalue weighted by Gasteiger charge is 2.43. The highest BCUT2D eigenvalue weighted by Crippen LogP contribution is 2.39. The summed E-state index contributed by atoms with van der Waals surface area (Å²) in [6.45, 7) is 24.1. The normalized spacial score (nSPS) is 11.8. The Morgan fingerprint density at radius 3 is 1.24 bits per heavy atom. The summed E-state index contributed by atoms with van der Waals surface area (Å²) < 4.78 is 75.3. The summed E-state index contributed by atoms with van der Waals surface area (Å²) in [5, 5.41) is 9.33. The quantitative estimate of drug-likeness (QED) is 0.00855. The van der Waals surface area contributed by atoms with Crippen molar-refractivity contribution in [2.75, 3.05) is 74.2 Å². The first kappa shape index (κ1) is 101. The van der Waals surface area contributed by atoms with Gasteiger partial charge in [-0.15, -0.1) is 0 Å². The van der Waals surface area contributed by atoms with Gasteiger partial charge < -0.3 is 66.0 Å². The lowest BCUT2D eigenvalue weighted by Gasteiger charge is -2.33. The van der Waals surface area contributed by atoms with Crippen LogP contribution in [-0.2, 0) is 57.2 Å². The van der Waals surface area contributed by atoms with Gasteiger partial charge in [0.05, 0.1) is 99.1 Å².